The van der Waals surface area contributed by atoms with Crippen LogP contribution in [0, 0.1) is 0 Å². The molecule has 0 radical (unpaired) electrons. The van der Waals surface area contributed by atoms with Crippen LogP contribution in [0.15, 0.2) is 36.7 Å². The topological polar surface area (TPSA) is 61.0 Å². The van der Waals surface area contributed by atoms with E-state index in [1.165, 1.54) is 0 Å². The van der Waals surface area contributed by atoms with Crippen molar-refractivity contribution < 1.29 is 4.74 Å². The van der Waals surface area contributed by atoms with E-state index in [9.17, 15) is 0 Å². The lowest BCUT2D eigenvalue weighted by Crippen LogP contribution is -2.01. The van der Waals surface area contributed by atoms with Gasteiger partial charge in [-0.1, -0.05) is 24.3 Å². The van der Waals surface area contributed by atoms with E-state index in [0.29, 0.717) is 12.4 Å². The monoisotopic (exact) mass is 215 g/mol. The second-order valence-electron chi connectivity index (χ2n) is 3.28. The number of nitrogens with two attached hydrogens (primary N) is 1. The maximum atomic E-state index is 5.69. The van der Waals surface area contributed by atoms with Gasteiger partial charge >= 0.3 is 0 Å². The van der Waals surface area contributed by atoms with E-state index >= 15 is 0 Å². The van der Waals surface area contributed by atoms with Crippen LogP contribution in [-0.4, -0.2) is 17.1 Å². The Morgan fingerprint density at radius 1 is 1.19 bits per heavy atom. The predicted molar refractivity (Wildman–Crippen MR) is 61.9 cm³/mol. The molecule has 0 saturated carbocycles. The summed E-state index contributed by atoms with van der Waals surface area (Å²) in [4.78, 5) is 8.41. The van der Waals surface area contributed by atoms with Crippen molar-refractivity contribution in [2.24, 2.45) is 5.73 Å². The molecule has 0 aliphatic rings. The first kappa shape index (κ1) is 10.6. The molecular formula is C12H13N3O. The van der Waals surface area contributed by atoms with Crippen molar-refractivity contribution >= 4 is 0 Å². The Kier molecular flexibility index (Phi) is 3.12. The van der Waals surface area contributed by atoms with Crippen molar-refractivity contribution in [1.29, 1.82) is 0 Å². The number of methoxy groups -OCH3 is 1. The van der Waals surface area contributed by atoms with Crippen LogP contribution in [0.1, 0.15) is 5.56 Å². The zero-order chi connectivity index (χ0) is 11.4. The second kappa shape index (κ2) is 4.72. The molecule has 0 spiro atoms. The van der Waals surface area contributed by atoms with Crippen molar-refractivity contribution in [3.63, 3.8) is 0 Å². The molecule has 0 aliphatic heterocycles. The highest BCUT2D eigenvalue weighted by molar-refractivity contribution is 5.67. The molecule has 1 aromatic heterocycles. The third-order valence-electron chi connectivity index (χ3n) is 2.35. The predicted octanol–water partition coefficient (Wildman–Crippen LogP) is 1.61. The summed E-state index contributed by atoms with van der Waals surface area (Å²) in [6.07, 6.45) is 3.25. The first-order valence-corrected chi connectivity index (χ1v) is 5.00. The van der Waals surface area contributed by atoms with Gasteiger partial charge in [-0.3, -0.25) is 0 Å². The van der Waals surface area contributed by atoms with Crippen LogP contribution < -0.4 is 10.5 Å². The Bertz CT molecular complexity index is 440. The van der Waals surface area contributed by atoms with E-state index in [-0.39, 0.29) is 0 Å². The summed E-state index contributed by atoms with van der Waals surface area (Å²) in [5.41, 5.74) is 8.41. The smallest absolute Gasteiger partial charge is 0.240 e. The van der Waals surface area contributed by atoms with Gasteiger partial charge in [0.25, 0.3) is 0 Å². The van der Waals surface area contributed by atoms with Crippen molar-refractivity contribution in [1.82, 2.24) is 9.97 Å². The number of benzene rings is 1. The van der Waals surface area contributed by atoms with Crippen molar-refractivity contribution in [2.75, 3.05) is 7.11 Å². The molecule has 4 heteroatoms. The van der Waals surface area contributed by atoms with Crippen LogP contribution in [0.2, 0.25) is 0 Å². The van der Waals surface area contributed by atoms with Crippen LogP contribution in [0.25, 0.3) is 11.3 Å². The van der Waals surface area contributed by atoms with E-state index in [0.717, 1.165) is 16.8 Å². The first-order valence-electron chi connectivity index (χ1n) is 5.00. The van der Waals surface area contributed by atoms with Gasteiger partial charge in [0.15, 0.2) is 0 Å². The lowest BCUT2D eigenvalue weighted by molar-refractivity contribution is 0.397. The van der Waals surface area contributed by atoms with Crippen molar-refractivity contribution in [3.8, 4) is 17.1 Å². The van der Waals surface area contributed by atoms with Crippen LogP contribution in [-0.2, 0) is 6.54 Å². The largest absolute Gasteiger partial charge is 0.479 e. The molecule has 1 heterocycles. The molecule has 1 aromatic carbocycles. The highest BCUT2D eigenvalue weighted by Gasteiger charge is 2.10. The fraction of sp³-hybridized carbons (Fsp3) is 0.167. The van der Waals surface area contributed by atoms with Crippen LogP contribution in [0.4, 0.5) is 0 Å². The molecule has 2 rings (SSSR count). The van der Waals surface area contributed by atoms with Gasteiger partial charge in [-0.15, -0.1) is 0 Å². The summed E-state index contributed by atoms with van der Waals surface area (Å²) in [6.45, 7) is 0.468. The van der Waals surface area contributed by atoms with E-state index in [1.807, 2.05) is 24.3 Å². The summed E-state index contributed by atoms with van der Waals surface area (Å²) in [5.74, 6) is 0.517. The number of ether oxygens (including phenoxy) is 1. The van der Waals surface area contributed by atoms with Gasteiger partial charge in [-0.05, 0) is 5.56 Å². The molecule has 4 nitrogen and oxygen atoms in total. The van der Waals surface area contributed by atoms with Crippen LogP contribution in [0.5, 0.6) is 5.88 Å². The van der Waals surface area contributed by atoms with E-state index < -0.39 is 0 Å². The zero-order valence-electron chi connectivity index (χ0n) is 9.05. The average molecular weight is 215 g/mol. The fourth-order valence-corrected chi connectivity index (χ4v) is 1.59. The van der Waals surface area contributed by atoms with Gasteiger partial charge in [0, 0.05) is 24.5 Å². The van der Waals surface area contributed by atoms with Crippen molar-refractivity contribution in [2.45, 2.75) is 6.54 Å². The summed E-state index contributed by atoms with van der Waals surface area (Å²) in [6, 6.07) is 7.84. The zero-order valence-corrected chi connectivity index (χ0v) is 9.05. The lowest BCUT2D eigenvalue weighted by Gasteiger charge is -2.09. The SMILES string of the molecule is COc1nccnc1-c1ccccc1CN. The molecule has 0 unspecified atom stereocenters. The Labute approximate surface area is 94.1 Å². The summed E-state index contributed by atoms with van der Waals surface area (Å²) < 4.78 is 5.18. The Morgan fingerprint density at radius 3 is 2.69 bits per heavy atom. The maximum absolute atomic E-state index is 5.69. The number of rotatable bonds is 3. The highest BCUT2D eigenvalue weighted by atomic mass is 16.5. The molecule has 0 amide bonds. The van der Waals surface area contributed by atoms with Crippen LogP contribution >= 0.6 is 0 Å². The number of nitrogens with zero attached hydrogens (tertiary/aromatic N) is 2. The van der Waals surface area contributed by atoms with E-state index in [4.69, 9.17) is 10.5 Å². The molecule has 16 heavy (non-hydrogen) atoms. The van der Waals surface area contributed by atoms with Gasteiger partial charge in [0.05, 0.1) is 7.11 Å². The molecule has 0 bridgehead atoms. The number of aromatic nitrogens is 2. The maximum Gasteiger partial charge on any atom is 0.240 e. The van der Waals surface area contributed by atoms with Crippen molar-refractivity contribution in [3.05, 3.63) is 42.2 Å². The number of hydrogen-bond donors (Lipinski definition) is 1. The third kappa shape index (κ3) is 1.87. The normalized spacial score (nSPS) is 10.1. The number of hydrogen-bond acceptors (Lipinski definition) is 4. The highest BCUT2D eigenvalue weighted by Crippen LogP contribution is 2.27. The van der Waals surface area contributed by atoms with E-state index in [1.54, 1.807) is 19.5 Å². The van der Waals surface area contributed by atoms with Gasteiger partial charge in [-0.25, -0.2) is 9.97 Å². The Morgan fingerprint density at radius 2 is 1.94 bits per heavy atom. The Balaban J connectivity index is 2.58. The quantitative estimate of drug-likeness (QED) is 0.845. The molecule has 0 atom stereocenters. The Hall–Kier alpha value is -1.94. The molecule has 2 aromatic rings. The third-order valence-corrected chi connectivity index (χ3v) is 2.35. The minimum absolute atomic E-state index is 0.468. The standard InChI is InChI=1S/C12H13N3O/c1-16-12-11(14-6-7-15-12)10-5-3-2-4-9(10)8-13/h2-7H,8,13H2,1H3. The lowest BCUT2D eigenvalue weighted by atomic mass is 10.0. The van der Waals surface area contributed by atoms with Gasteiger partial charge in [0.2, 0.25) is 5.88 Å². The van der Waals surface area contributed by atoms with Gasteiger partial charge in [0.1, 0.15) is 5.69 Å². The minimum atomic E-state index is 0.468. The molecule has 82 valence electrons. The first-order chi connectivity index (χ1) is 7.86. The van der Waals surface area contributed by atoms with Crippen LogP contribution in [0.3, 0.4) is 0 Å². The fourth-order valence-electron chi connectivity index (χ4n) is 1.59. The molecule has 0 saturated heterocycles. The molecule has 0 fully saturated rings. The van der Waals surface area contributed by atoms with Gasteiger partial charge in [-0.2, -0.15) is 0 Å². The summed E-state index contributed by atoms with van der Waals surface area (Å²) in [5, 5.41) is 0. The summed E-state index contributed by atoms with van der Waals surface area (Å²) in [7, 11) is 1.58. The van der Waals surface area contributed by atoms with E-state index in [2.05, 4.69) is 9.97 Å². The minimum Gasteiger partial charge on any atom is -0.479 e. The second-order valence-corrected chi connectivity index (χ2v) is 3.28. The average Bonchev–Trinajstić information content (AvgIpc) is 2.38. The molecular weight excluding hydrogens is 202 g/mol. The van der Waals surface area contributed by atoms with Gasteiger partial charge < -0.3 is 10.5 Å². The summed E-state index contributed by atoms with van der Waals surface area (Å²) >= 11 is 0. The molecule has 0 aliphatic carbocycles. The molecule has 2 N–H and O–H groups in total.